The Morgan fingerprint density at radius 1 is 1.24 bits per heavy atom. The van der Waals surface area contributed by atoms with Crippen LogP contribution in [0.2, 0.25) is 0 Å². The smallest absolute Gasteiger partial charge is 0.328 e. The van der Waals surface area contributed by atoms with E-state index in [0.717, 1.165) is 11.4 Å². The molecule has 0 fully saturated rings. The molecule has 2 rings (SSSR count). The van der Waals surface area contributed by atoms with Gasteiger partial charge in [-0.3, -0.25) is 9.48 Å². The number of methoxy groups -OCH3 is 1. The van der Waals surface area contributed by atoms with Crippen LogP contribution in [0, 0.1) is 12.8 Å². The molecule has 2 aromatic heterocycles. The fourth-order valence-corrected chi connectivity index (χ4v) is 2.78. The Morgan fingerprint density at radius 3 is 2.40 bits per heavy atom. The molecule has 136 valence electrons. The number of carbonyl (C=O) groups is 2. The van der Waals surface area contributed by atoms with E-state index in [1.807, 2.05) is 34.6 Å². The lowest BCUT2D eigenvalue weighted by Gasteiger charge is -2.20. The number of pyridine rings is 1. The number of aryl methyl sites for hydroxylation is 2. The van der Waals surface area contributed by atoms with Gasteiger partial charge in [-0.05, 0) is 24.8 Å². The zero-order valence-electron chi connectivity index (χ0n) is 15.9. The van der Waals surface area contributed by atoms with E-state index in [1.54, 1.807) is 17.8 Å². The number of esters is 1. The Morgan fingerprint density at radius 2 is 1.88 bits per heavy atom. The van der Waals surface area contributed by atoms with E-state index in [4.69, 9.17) is 4.74 Å². The van der Waals surface area contributed by atoms with E-state index >= 15 is 0 Å². The summed E-state index contributed by atoms with van der Waals surface area (Å²) in [6, 6.07) is 1.08. The first-order valence-electron chi connectivity index (χ1n) is 8.40. The van der Waals surface area contributed by atoms with E-state index in [-0.39, 0.29) is 17.7 Å². The topological polar surface area (TPSA) is 86.1 Å². The van der Waals surface area contributed by atoms with Crippen molar-refractivity contribution < 1.29 is 14.3 Å². The summed E-state index contributed by atoms with van der Waals surface area (Å²) in [6.07, 6.45) is 0. The highest BCUT2D eigenvalue weighted by molar-refractivity contribution is 6.07. The summed E-state index contributed by atoms with van der Waals surface area (Å²) in [4.78, 5) is 29.5. The number of hydrogen-bond donors (Lipinski definition) is 1. The zero-order valence-corrected chi connectivity index (χ0v) is 15.9. The molecular formula is C18H26N4O3. The average molecular weight is 346 g/mol. The number of hydrogen-bond acceptors (Lipinski definition) is 5. The normalized spacial score (nSPS) is 12.7. The largest absolute Gasteiger partial charge is 0.467 e. The quantitative estimate of drug-likeness (QED) is 0.840. The van der Waals surface area contributed by atoms with Gasteiger partial charge in [0.2, 0.25) is 0 Å². The lowest BCUT2D eigenvalue weighted by Crippen LogP contribution is -2.45. The Hall–Kier alpha value is -2.44. The summed E-state index contributed by atoms with van der Waals surface area (Å²) in [6.45, 7) is 9.60. The van der Waals surface area contributed by atoms with Gasteiger partial charge in [-0.15, -0.1) is 0 Å². The maximum absolute atomic E-state index is 12.9. The Labute approximate surface area is 147 Å². The molecule has 7 nitrogen and oxygen atoms in total. The van der Waals surface area contributed by atoms with Gasteiger partial charge in [0.05, 0.1) is 23.8 Å². The van der Waals surface area contributed by atoms with E-state index in [2.05, 4.69) is 15.4 Å². The number of aromatic nitrogens is 3. The molecular weight excluding hydrogens is 320 g/mol. The molecule has 0 aromatic carbocycles. The van der Waals surface area contributed by atoms with Crippen LogP contribution >= 0.6 is 0 Å². The van der Waals surface area contributed by atoms with Crippen LogP contribution in [0.15, 0.2) is 6.07 Å². The third kappa shape index (κ3) is 3.65. The Bertz CT molecular complexity index is 808. The predicted octanol–water partition coefficient (Wildman–Crippen LogP) is 2.33. The van der Waals surface area contributed by atoms with Crippen molar-refractivity contribution >= 4 is 22.9 Å². The third-order valence-corrected chi connectivity index (χ3v) is 4.23. The molecule has 0 saturated carbocycles. The van der Waals surface area contributed by atoms with Crippen LogP contribution in [0.4, 0.5) is 0 Å². The van der Waals surface area contributed by atoms with Gasteiger partial charge in [0, 0.05) is 12.7 Å². The molecule has 0 radical (unpaired) electrons. The lowest BCUT2D eigenvalue weighted by molar-refractivity contribution is -0.144. The maximum Gasteiger partial charge on any atom is 0.328 e. The van der Waals surface area contributed by atoms with Gasteiger partial charge in [-0.1, -0.05) is 27.7 Å². The average Bonchev–Trinajstić information content (AvgIpc) is 2.85. The number of ether oxygens (including phenoxy) is 1. The van der Waals surface area contributed by atoms with Gasteiger partial charge in [0.15, 0.2) is 5.65 Å². The second-order valence-corrected chi connectivity index (χ2v) is 6.88. The van der Waals surface area contributed by atoms with Crippen molar-refractivity contribution in [3.63, 3.8) is 0 Å². The van der Waals surface area contributed by atoms with Crippen LogP contribution in [0.25, 0.3) is 11.0 Å². The predicted molar refractivity (Wildman–Crippen MR) is 95.4 cm³/mol. The molecule has 1 amide bonds. The van der Waals surface area contributed by atoms with Crippen LogP contribution in [-0.2, 0) is 16.6 Å². The summed E-state index contributed by atoms with van der Waals surface area (Å²) < 4.78 is 6.48. The fraction of sp³-hybridized carbons (Fsp3) is 0.556. The number of nitrogens with zero attached hydrogens (tertiary/aromatic N) is 3. The monoisotopic (exact) mass is 346 g/mol. The van der Waals surface area contributed by atoms with Crippen LogP contribution in [0.5, 0.6) is 0 Å². The molecule has 0 aliphatic heterocycles. The van der Waals surface area contributed by atoms with Crippen LogP contribution in [0.3, 0.4) is 0 Å². The molecule has 25 heavy (non-hydrogen) atoms. The molecule has 7 heteroatoms. The van der Waals surface area contributed by atoms with E-state index < -0.39 is 12.0 Å². The van der Waals surface area contributed by atoms with E-state index in [0.29, 0.717) is 16.6 Å². The minimum atomic E-state index is -0.708. The van der Waals surface area contributed by atoms with Crippen molar-refractivity contribution in [1.29, 1.82) is 0 Å². The molecule has 2 aromatic rings. The molecule has 1 N–H and O–H groups in total. The molecule has 0 spiro atoms. The van der Waals surface area contributed by atoms with Crippen molar-refractivity contribution in [3.8, 4) is 0 Å². The molecule has 1 atom stereocenters. The molecule has 0 unspecified atom stereocenters. The molecule has 0 aliphatic rings. The zero-order chi connectivity index (χ0) is 18.9. The SMILES string of the molecule is COC(=O)[C@H](NC(=O)c1cc(C(C)C)nc2c1c(C)nn2C)C(C)C. The maximum atomic E-state index is 12.9. The van der Waals surface area contributed by atoms with Gasteiger partial charge in [-0.2, -0.15) is 5.10 Å². The minimum absolute atomic E-state index is 0.0895. The number of amides is 1. The van der Waals surface area contributed by atoms with Crippen LogP contribution in [0.1, 0.15) is 55.4 Å². The van der Waals surface area contributed by atoms with Crippen molar-refractivity contribution in [1.82, 2.24) is 20.1 Å². The first kappa shape index (κ1) is 18.9. The van der Waals surface area contributed by atoms with Crippen molar-refractivity contribution in [2.24, 2.45) is 13.0 Å². The molecule has 0 bridgehead atoms. The lowest BCUT2D eigenvalue weighted by atomic mass is 10.0. The highest BCUT2D eigenvalue weighted by Gasteiger charge is 2.27. The standard InChI is InChI=1S/C18H26N4O3/c1-9(2)13-8-12(14-11(5)21-22(6)16(14)19-13)17(23)20-15(10(3)4)18(24)25-7/h8-10,15H,1-7H3,(H,20,23)/t15-/m1/s1. The van der Waals surface area contributed by atoms with Crippen LogP contribution < -0.4 is 5.32 Å². The highest BCUT2D eigenvalue weighted by atomic mass is 16.5. The van der Waals surface area contributed by atoms with E-state index in [9.17, 15) is 9.59 Å². The van der Waals surface area contributed by atoms with Crippen molar-refractivity contribution in [2.45, 2.75) is 46.6 Å². The first-order chi connectivity index (χ1) is 11.7. The Balaban J connectivity index is 2.54. The fourth-order valence-electron chi connectivity index (χ4n) is 2.78. The number of nitrogens with one attached hydrogen (secondary N) is 1. The van der Waals surface area contributed by atoms with Crippen LogP contribution in [-0.4, -0.2) is 39.8 Å². The van der Waals surface area contributed by atoms with Gasteiger partial charge in [0.25, 0.3) is 5.91 Å². The van der Waals surface area contributed by atoms with Gasteiger partial charge < -0.3 is 10.1 Å². The molecule has 0 aliphatic carbocycles. The summed E-state index contributed by atoms with van der Waals surface area (Å²) in [5.41, 5.74) is 2.67. The van der Waals surface area contributed by atoms with Gasteiger partial charge in [-0.25, -0.2) is 9.78 Å². The minimum Gasteiger partial charge on any atom is -0.467 e. The molecule has 0 saturated heterocycles. The van der Waals surface area contributed by atoms with Crippen molar-refractivity contribution in [3.05, 3.63) is 23.0 Å². The molecule has 2 heterocycles. The number of fused-ring (bicyclic) bond motifs is 1. The Kier molecular flexibility index (Phi) is 5.45. The highest BCUT2D eigenvalue weighted by Crippen LogP contribution is 2.25. The number of carbonyl (C=O) groups excluding carboxylic acids is 2. The second-order valence-electron chi connectivity index (χ2n) is 6.88. The van der Waals surface area contributed by atoms with E-state index in [1.165, 1.54) is 7.11 Å². The third-order valence-electron chi connectivity index (χ3n) is 4.23. The summed E-state index contributed by atoms with van der Waals surface area (Å²) >= 11 is 0. The second kappa shape index (κ2) is 7.21. The summed E-state index contributed by atoms with van der Waals surface area (Å²) in [5.74, 6) is -0.712. The summed E-state index contributed by atoms with van der Waals surface area (Å²) in [7, 11) is 3.12. The van der Waals surface area contributed by atoms with Gasteiger partial charge >= 0.3 is 5.97 Å². The van der Waals surface area contributed by atoms with Crippen molar-refractivity contribution in [2.75, 3.05) is 7.11 Å². The summed E-state index contributed by atoms with van der Waals surface area (Å²) in [5, 5.41) is 7.89. The number of rotatable bonds is 5. The van der Waals surface area contributed by atoms with Gasteiger partial charge in [0.1, 0.15) is 6.04 Å². The first-order valence-corrected chi connectivity index (χ1v) is 8.40.